The van der Waals surface area contributed by atoms with Crippen LogP contribution in [-0.4, -0.2) is 43.7 Å². The Morgan fingerprint density at radius 1 is 1.24 bits per heavy atom. The van der Waals surface area contributed by atoms with Crippen LogP contribution in [0, 0.1) is 11.7 Å². The molecule has 4 aliphatic rings. The molecule has 0 radical (unpaired) electrons. The number of rotatable bonds is 2. The topological polar surface area (TPSA) is 95.0 Å². The van der Waals surface area contributed by atoms with Crippen LogP contribution in [0.4, 0.5) is 16.0 Å². The van der Waals surface area contributed by atoms with Gasteiger partial charge in [-0.15, -0.1) is 0 Å². The maximum atomic E-state index is 14.1. The fourth-order valence-electron chi connectivity index (χ4n) is 4.81. The highest BCUT2D eigenvalue weighted by molar-refractivity contribution is 5.87. The summed E-state index contributed by atoms with van der Waals surface area (Å²) in [6.07, 6.45) is 3.91. The number of hydrogen-bond acceptors (Lipinski definition) is 7. The molecule has 3 fully saturated rings. The largest absolute Gasteiger partial charge is 0.381 e. The minimum atomic E-state index is -0.568. The van der Waals surface area contributed by atoms with Crippen molar-refractivity contribution in [2.45, 2.75) is 44.9 Å². The van der Waals surface area contributed by atoms with E-state index in [9.17, 15) is 4.39 Å². The molecule has 29 heavy (non-hydrogen) atoms. The van der Waals surface area contributed by atoms with Crippen molar-refractivity contribution in [3.8, 4) is 11.4 Å². The van der Waals surface area contributed by atoms with Crippen molar-refractivity contribution in [3.63, 3.8) is 0 Å². The molecule has 0 aromatic carbocycles. The van der Waals surface area contributed by atoms with E-state index in [1.54, 1.807) is 0 Å². The predicted octanol–water partition coefficient (Wildman–Crippen LogP) is 2.47. The first-order valence-electron chi connectivity index (χ1n) is 10.0. The number of nitrogens with zero attached hydrogens (tertiary/aromatic N) is 6. The van der Waals surface area contributed by atoms with Gasteiger partial charge in [-0.05, 0) is 38.7 Å². The molecule has 0 unspecified atom stereocenters. The van der Waals surface area contributed by atoms with Crippen molar-refractivity contribution in [2.24, 2.45) is 5.92 Å². The monoisotopic (exact) mass is 395 g/mol. The maximum absolute atomic E-state index is 14.1. The minimum Gasteiger partial charge on any atom is -0.381 e. The molecular weight excluding hydrogens is 373 g/mol. The van der Waals surface area contributed by atoms with Gasteiger partial charge in [0.1, 0.15) is 11.4 Å². The van der Waals surface area contributed by atoms with E-state index in [2.05, 4.69) is 14.5 Å². The summed E-state index contributed by atoms with van der Waals surface area (Å²) in [6.45, 7) is 6.28. The molecule has 8 nitrogen and oxygen atoms in total. The van der Waals surface area contributed by atoms with Crippen molar-refractivity contribution >= 4 is 22.8 Å². The Labute approximate surface area is 166 Å². The number of pyridine rings is 1. The van der Waals surface area contributed by atoms with Crippen LogP contribution in [0.15, 0.2) is 12.3 Å². The summed E-state index contributed by atoms with van der Waals surface area (Å²) < 4.78 is 22.1. The van der Waals surface area contributed by atoms with Gasteiger partial charge in [-0.3, -0.25) is 0 Å². The molecule has 0 spiro atoms. The first-order chi connectivity index (χ1) is 13.9. The number of nitrogens with two attached hydrogens (primary N) is 1. The molecule has 7 rings (SSSR count). The third-order valence-corrected chi connectivity index (χ3v) is 6.40. The Balaban J connectivity index is 1.61. The summed E-state index contributed by atoms with van der Waals surface area (Å²) in [5, 5.41) is 0. The van der Waals surface area contributed by atoms with E-state index >= 15 is 0 Å². The molecule has 0 atom stereocenters. The number of aromatic nitrogens is 5. The third kappa shape index (κ3) is 2.40. The fraction of sp³-hybridized carbons (Fsp3) is 0.500. The van der Waals surface area contributed by atoms with Crippen LogP contribution < -0.4 is 10.6 Å². The van der Waals surface area contributed by atoms with Gasteiger partial charge in [0.25, 0.3) is 0 Å². The van der Waals surface area contributed by atoms with E-state index in [4.69, 9.17) is 25.4 Å². The lowest BCUT2D eigenvalue weighted by Crippen LogP contribution is -2.33. The van der Waals surface area contributed by atoms with Gasteiger partial charge in [0.15, 0.2) is 34.4 Å². The highest BCUT2D eigenvalue weighted by atomic mass is 19.1. The van der Waals surface area contributed by atoms with Gasteiger partial charge in [-0.1, -0.05) is 0 Å². The molecular formula is C20H22FN7O. The smallest absolute Gasteiger partial charge is 0.166 e. The Morgan fingerprint density at radius 2 is 2.07 bits per heavy atom. The lowest BCUT2D eigenvalue weighted by Gasteiger charge is -2.30. The molecule has 3 aromatic heterocycles. The second kappa shape index (κ2) is 5.63. The number of anilines is 2. The van der Waals surface area contributed by atoms with Crippen molar-refractivity contribution in [1.82, 2.24) is 24.5 Å². The van der Waals surface area contributed by atoms with Gasteiger partial charge < -0.3 is 19.9 Å². The van der Waals surface area contributed by atoms with Gasteiger partial charge in [-0.25, -0.2) is 24.3 Å². The lowest BCUT2D eigenvalue weighted by atomic mass is 9.86. The SMILES string of the molecule is CC1(C)OCCn2c1nc1c(N3CC4CC3C4)nc(-c3cnc(N)c(F)c3)nc12. The van der Waals surface area contributed by atoms with E-state index in [1.807, 2.05) is 13.8 Å². The number of halogens is 1. The molecule has 0 amide bonds. The van der Waals surface area contributed by atoms with Gasteiger partial charge in [0.2, 0.25) is 0 Å². The van der Waals surface area contributed by atoms with Crippen molar-refractivity contribution in [2.75, 3.05) is 23.8 Å². The highest BCUT2D eigenvalue weighted by Crippen LogP contribution is 2.45. The van der Waals surface area contributed by atoms with E-state index in [0.29, 0.717) is 30.6 Å². The Morgan fingerprint density at radius 3 is 2.79 bits per heavy atom. The van der Waals surface area contributed by atoms with Crippen LogP contribution in [0.1, 0.15) is 32.5 Å². The maximum Gasteiger partial charge on any atom is 0.166 e. The summed E-state index contributed by atoms with van der Waals surface area (Å²) in [6, 6.07) is 1.84. The Kier molecular flexibility index (Phi) is 3.31. The number of hydrogen-bond donors (Lipinski definition) is 1. The first-order valence-corrected chi connectivity index (χ1v) is 10.0. The van der Waals surface area contributed by atoms with Crippen LogP contribution in [-0.2, 0) is 16.9 Å². The van der Waals surface area contributed by atoms with Crippen molar-refractivity contribution in [3.05, 3.63) is 23.9 Å². The molecule has 150 valence electrons. The van der Waals surface area contributed by atoms with Gasteiger partial charge in [0, 0.05) is 30.9 Å². The van der Waals surface area contributed by atoms with E-state index in [0.717, 1.165) is 35.3 Å². The molecule has 9 heteroatoms. The average Bonchev–Trinajstić information content (AvgIpc) is 3.35. The molecule has 2 N–H and O–H groups in total. The van der Waals surface area contributed by atoms with Gasteiger partial charge >= 0.3 is 0 Å². The number of nitrogen functional groups attached to an aromatic ring is 1. The average molecular weight is 395 g/mol. The predicted molar refractivity (Wildman–Crippen MR) is 106 cm³/mol. The van der Waals surface area contributed by atoms with Gasteiger partial charge in [0.05, 0.1) is 6.61 Å². The quantitative estimate of drug-likeness (QED) is 0.712. The zero-order chi connectivity index (χ0) is 19.9. The summed E-state index contributed by atoms with van der Waals surface area (Å²) in [4.78, 5) is 20.8. The summed E-state index contributed by atoms with van der Waals surface area (Å²) >= 11 is 0. The standard InChI is InChI=1S/C20H22FN7O/c1-20(2)19-24-14-17(27(19)3-4-29-20)25-16(11-7-13(21)15(22)23-8-11)26-18(14)28-9-10-5-12(28)6-10/h7-8,10,12H,3-6,9H2,1-2H3,(H2,22,23). The van der Waals surface area contributed by atoms with E-state index < -0.39 is 11.4 Å². The lowest BCUT2D eigenvalue weighted by molar-refractivity contribution is -0.0530. The Bertz CT molecular complexity index is 1150. The molecule has 1 saturated carbocycles. The first kappa shape index (κ1) is 17.1. The van der Waals surface area contributed by atoms with Crippen LogP contribution in [0.2, 0.25) is 0 Å². The normalized spacial score (nSPS) is 24.6. The second-order valence-electron chi connectivity index (χ2n) is 8.72. The van der Waals surface area contributed by atoms with E-state index in [-0.39, 0.29) is 5.82 Å². The minimum absolute atomic E-state index is 0.129. The van der Waals surface area contributed by atoms with E-state index in [1.165, 1.54) is 25.1 Å². The molecule has 3 aromatic rings. The van der Waals surface area contributed by atoms with Crippen molar-refractivity contribution in [1.29, 1.82) is 0 Å². The van der Waals surface area contributed by atoms with Crippen LogP contribution in [0.3, 0.4) is 0 Å². The number of imidazole rings is 1. The number of fused-ring (bicyclic) bond motifs is 4. The van der Waals surface area contributed by atoms with Crippen LogP contribution in [0.25, 0.3) is 22.6 Å². The molecule has 1 aliphatic carbocycles. The Hall–Kier alpha value is -2.81. The highest BCUT2D eigenvalue weighted by Gasteiger charge is 2.45. The molecule has 2 bridgehead atoms. The second-order valence-corrected chi connectivity index (χ2v) is 8.72. The summed E-state index contributed by atoms with van der Waals surface area (Å²) in [5.74, 6) is 2.14. The number of ether oxygens (including phenoxy) is 1. The fourth-order valence-corrected chi connectivity index (χ4v) is 4.81. The molecule has 6 heterocycles. The third-order valence-electron chi connectivity index (χ3n) is 6.40. The summed E-state index contributed by atoms with van der Waals surface area (Å²) in [7, 11) is 0. The zero-order valence-corrected chi connectivity index (χ0v) is 16.4. The van der Waals surface area contributed by atoms with Gasteiger partial charge in [-0.2, -0.15) is 0 Å². The van der Waals surface area contributed by atoms with Crippen LogP contribution >= 0.6 is 0 Å². The van der Waals surface area contributed by atoms with Crippen molar-refractivity contribution < 1.29 is 9.13 Å². The zero-order valence-electron chi connectivity index (χ0n) is 16.4. The molecule has 3 aliphatic heterocycles. The van der Waals surface area contributed by atoms with Crippen LogP contribution in [0.5, 0.6) is 0 Å². The molecule has 2 saturated heterocycles. The summed E-state index contributed by atoms with van der Waals surface area (Å²) in [5.41, 5.74) is 7.11.